The number of aryl methyl sites for hydroxylation is 1. The van der Waals surface area contributed by atoms with Crippen LogP contribution in [-0.4, -0.2) is 15.0 Å². The molecular weight excluding hydrogens is 342 g/mol. The molecule has 0 aliphatic heterocycles. The standard InChI is InChI=1S/C22H21NO2S/c1-19-14-16-22(17-15-19)26(24,25)23(21-12-6-3-7-13-21)18-8-11-20-9-4-2-5-10-20/h2-17H,18H2,1H3/b11-8+. The van der Waals surface area contributed by atoms with Crippen molar-refractivity contribution in [3.05, 3.63) is 102 Å². The average molecular weight is 363 g/mol. The van der Waals surface area contributed by atoms with E-state index in [0.717, 1.165) is 11.1 Å². The number of hydrogen-bond acceptors (Lipinski definition) is 2. The van der Waals surface area contributed by atoms with Gasteiger partial charge in [0.25, 0.3) is 10.0 Å². The predicted octanol–water partition coefficient (Wildman–Crippen LogP) is 4.90. The molecule has 4 heteroatoms. The zero-order chi connectivity index (χ0) is 18.4. The van der Waals surface area contributed by atoms with Gasteiger partial charge in [0.1, 0.15) is 0 Å². The highest BCUT2D eigenvalue weighted by atomic mass is 32.2. The second-order valence-corrected chi connectivity index (χ2v) is 7.86. The Bertz CT molecular complexity index is 964. The molecule has 0 aliphatic carbocycles. The number of benzene rings is 3. The summed E-state index contributed by atoms with van der Waals surface area (Å²) in [6.07, 6.45) is 3.80. The van der Waals surface area contributed by atoms with Gasteiger partial charge in [-0.2, -0.15) is 0 Å². The first-order valence-corrected chi connectivity index (χ1v) is 9.87. The molecule has 0 amide bonds. The summed E-state index contributed by atoms with van der Waals surface area (Å²) in [4.78, 5) is 0.292. The highest BCUT2D eigenvalue weighted by molar-refractivity contribution is 7.92. The Balaban J connectivity index is 1.93. The van der Waals surface area contributed by atoms with Crippen molar-refractivity contribution in [2.24, 2.45) is 0 Å². The van der Waals surface area contributed by atoms with Gasteiger partial charge in [-0.3, -0.25) is 4.31 Å². The van der Waals surface area contributed by atoms with Gasteiger partial charge in [0.15, 0.2) is 0 Å². The molecule has 3 nitrogen and oxygen atoms in total. The lowest BCUT2D eigenvalue weighted by molar-refractivity contribution is 0.593. The van der Waals surface area contributed by atoms with Crippen LogP contribution in [0.2, 0.25) is 0 Å². The van der Waals surface area contributed by atoms with Gasteiger partial charge >= 0.3 is 0 Å². The monoisotopic (exact) mass is 363 g/mol. The Labute approximate surface area is 155 Å². The first kappa shape index (κ1) is 18.0. The minimum absolute atomic E-state index is 0.259. The molecule has 132 valence electrons. The van der Waals surface area contributed by atoms with Gasteiger partial charge in [0, 0.05) is 0 Å². The molecule has 0 N–H and O–H groups in total. The number of anilines is 1. The summed E-state index contributed by atoms with van der Waals surface area (Å²) in [7, 11) is -3.64. The summed E-state index contributed by atoms with van der Waals surface area (Å²) in [5.74, 6) is 0. The van der Waals surface area contributed by atoms with Crippen LogP contribution in [0.4, 0.5) is 5.69 Å². The molecule has 0 aliphatic rings. The maximum absolute atomic E-state index is 13.2. The maximum atomic E-state index is 13.2. The molecule has 0 heterocycles. The SMILES string of the molecule is Cc1ccc(S(=O)(=O)N(C/C=C/c2ccccc2)c2ccccc2)cc1. The average Bonchev–Trinajstić information content (AvgIpc) is 2.67. The third kappa shape index (κ3) is 4.21. The Kier molecular flexibility index (Phi) is 5.54. The lowest BCUT2D eigenvalue weighted by Gasteiger charge is -2.23. The second-order valence-electron chi connectivity index (χ2n) is 6.00. The van der Waals surface area contributed by atoms with Crippen molar-refractivity contribution in [1.29, 1.82) is 0 Å². The molecular formula is C22H21NO2S. The van der Waals surface area contributed by atoms with Crippen LogP contribution < -0.4 is 4.31 Å². The Morgan fingerprint density at radius 3 is 2.00 bits per heavy atom. The number of rotatable bonds is 6. The van der Waals surface area contributed by atoms with E-state index in [2.05, 4.69) is 0 Å². The van der Waals surface area contributed by atoms with E-state index in [4.69, 9.17) is 0 Å². The van der Waals surface area contributed by atoms with Gasteiger partial charge in [-0.15, -0.1) is 0 Å². The summed E-state index contributed by atoms with van der Waals surface area (Å²) in [6, 6.07) is 25.9. The van der Waals surface area contributed by atoms with E-state index >= 15 is 0 Å². The van der Waals surface area contributed by atoms with Crippen LogP contribution >= 0.6 is 0 Å². The van der Waals surface area contributed by atoms with E-state index in [1.807, 2.05) is 91.9 Å². The fourth-order valence-electron chi connectivity index (χ4n) is 2.62. The minimum Gasteiger partial charge on any atom is -0.263 e. The van der Waals surface area contributed by atoms with Gasteiger partial charge in [-0.05, 0) is 36.8 Å². The van der Waals surface area contributed by atoms with Crippen LogP contribution in [0.5, 0.6) is 0 Å². The molecule has 3 aromatic carbocycles. The van der Waals surface area contributed by atoms with Gasteiger partial charge in [0.05, 0.1) is 17.1 Å². The van der Waals surface area contributed by atoms with E-state index in [-0.39, 0.29) is 6.54 Å². The number of hydrogen-bond donors (Lipinski definition) is 0. The minimum atomic E-state index is -3.64. The maximum Gasteiger partial charge on any atom is 0.264 e. The van der Waals surface area contributed by atoms with Crippen LogP contribution in [0.15, 0.2) is 95.9 Å². The van der Waals surface area contributed by atoms with Crippen molar-refractivity contribution in [2.75, 3.05) is 10.8 Å². The molecule has 0 bridgehead atoms. The van der Waals surface area contributed by atoms with Crippen molar-refractivity contribution < 1.29 is 8.42 Å². The fraction of sp³-hybridized carbons (Fsp3) is 0.0909. The smallest absolute Gasteiger partial charge is 0.263 e. The van der Waals surface area contributed by atoms with Gasteiger partial charge in [-0.1, -0.05) is 78.4 Å². The van der Waals surface area contributed by atoms with Gasteiger partial charge in [-0.25, -0.2) is 8.42 Å². The van der Waals surface area contributed by atoms with Crippen molar-refractivity contribution in [3.8, 4) is 0 Å². The molecule has 0 fully saturated rings. The number of sulfonamides is 1. The molecule has 0 atom stereocenters. The first-order chi connectivity index (χ1) is 12.6. The summed E-state index contributed by atoms with van der Waals surface area (Å²) in [6.45, 7) is 2.20. The fourth-order valence-corrected chi connectivity index (χ4v) is 4.04. The van der Waals surface area contributed by atoms with Crippen molar-refractivity contribution >= 4 is 21.8 Å². The van der Waals surface area contributed by atoms with Crippen molar-refractivity contribution in [2.45, 2.75) is 11.8 Å². The molecule has 0 aromatic heterocycles. The summed E-state index contributed by atoms with van der Waals surface area (Å²) >= 11 is 0. The number of nitrogens with zero attached hydrogens (tertiary/aromatic N) is 1. The third-order valence-corrected chi connectivity index (χ3v) is 5.84. The topological polar surface area (TPSA) is 37.4 Å². The van der Waals surface area contributed by atoms with E-state index in [9.17, 15) is 8.42 Å². The highest BCUT2D eigenvalue weighted by Gasteiger charge is 2.23. The molecule has 0 radical (unpaired) electrons. The van der Waals surface area contributed by atoms with E-state index in [0.29, 0.717) is 10.6 Å². The van der Waals surface area contributed by atoms with Gasteiger partial charge in [0.2, 0.25) is 0 Å². The van der Waals surface area contributed by atoms with E-state index in [1.165, 1.54) is 4.31 Å². The van der Waals surface area contributed by atoms with E-state index in [1.54, 1.807) is 12.1 Å². The lowest BCUT2D eigenvalue weighted by atomic mass is 10.2. The van der Waals surface area contributed by atoms with Crippen LogP contribution in [0.25, 0.3) is 6.08 Å². The second kappa shape index (κ2) is 8.02. The Morgan fingerprint density at radius 1 is 0.808 bits per heavy atom. The van der Waals surface area contributed by atoms with Crippen LogP contribution in [-0.2, 0) is 10.0 Å². The zero-order valence-corrected chi connectivity index (χ0v) is 15.4. The molecule has 3 aromatic rings. The molecule has 0 saturated carbocycles. The summed E-state index contributed by atoms with van der Waals surface area (Å²) in [5, 5.41) is 0. The normalized spacial score (nSPS) is 11.6. The molecule has 0 saturated heterocycles. The third-order valence-electron chi connectivity index (χ3n) is 4.03. The van der Waals surface area contributed by atoms with Crippen molar-refractivity contribution in [3.63, 3.8) is 0 Å². The van der Waals surface area contributed by atoms with E-state index < -0.39 is 10.0 Å². The van der Waals surface area contributed by atoms with Crippen LogP contribution in [0.3, 0.4) is 0 Å². The van der Waals surface area contributed by atoms with Crippen molar-refractivity contribution in [1.82, 2.24) is 0 Å². The Morgan fingerprint density at radius 2 is 1.38 bits per heavy atom. The lowest BCUT2D eigenvalue weighted by Crippen LogP contribution is -2.31. The summed E-state index contributed by atoms with van der Waals surface area (Å²) < 4.78 is 27.8. The van der Waals surface area contributed by atoms with Crippen LogP contribution in [0.1, 0.15) is 11.1 Å². The van der Waals surface area contributed by atoms with Crippen LogP contribution in [0, 0.1) is 6.92 Å². The molecule has 3 rings (SSSR count). The first-order valence-electron chi connectivity index (χ1n) is 8.43. The number of para-hydroxylation sites is 1. The highest BCUT2D eigenvalue weighted by Crippen LogP contribution is 2.23. The van der Waals surface area contributed by atoms with Gasteiger partial charge < -0.3 is 0 Å². The zero-order valence-electron chi connectivity index (χ0n) is 14.6. The molecule has 26 heavy (non-hydrogen) atoms. The Hall–Kier alpha value is -2.85. The largest absolute Gasteiger partial charge is 0.264 e. The predicted molar refractivity (Wildman–Crippen MR) is 108 cm³/mol. The molecule has 0 spiro atoms. The summed E-state index contributed by atoms with van der Waals surface area (Å²) in [5.41, 5.74) is 2.71. The molecule has 0 unspecified atom stereocenters. The quantitative estimate of drug-likeness (QED) is 0.624.